The van der Waals surface area contributed by atoms with Crippen molar-refractivity contribution in [1.82, 2.24) is 15.0 Å². The van der Waals surface area contributed by atoms with Crippen LogP contribution in [0, 0.1) is 20.8 Å². The number of nitrogens with zero attached hydrogens (tertiary/aromatic N) is 2. The van der Waals surface area contributed by atoms with Crippen molar-refractivity contribution in [1.29, 1.82) is 0 Å². The highest BCUT2D eigenvalue weighted by Crippen LogP contribution is 2.68. The molecule has 7 rings (SSSR count). The minimum atomic E-state index is -1.73. The van der Waals surface area contributed by atoms with Crippen LogP contribution in [0.25, 0.3) is 11.4 Å². The van der Waals surface area contributed by atoms with Crippen molar-refractivity contribution in [3.8, 4) is 17.1 Å². The van der Waals surface area contributed by atoms with Gasteiger partial charge in [0.15, 0.2) is 11.2 Å². The van der Waals surface area contributed by atoms with E-state index in [1.165, 1.54) is 0 Å². The van der Waals surface area contributed by atoms with Gasteiger partial charge in [0.25, 0.3) is 5.56 Å². The zero-order valence-corrected chi connectivity index (χ0v) is 21.9. The first-order chi connectivity index (χ1) is 18.8. The van der Waals surface area contributed by atoms with Gasteiger partial charge in [-0.15, -0.1) is 0 Å². The Hall–Kier alpha value is -4.55. The predicted molar refractivity (Wildman–Crippen MR) is 149 cm³/mol. The van der Waals surface area contributed by atoms with Crippen LogP contribution in [0.3, 0.4) is 0 Å². The zero-order valence-electron chi connectivity index (χ0n) is 21.9. The van der Waals surface area contributed by atoms with E-state index in [4.69, 9.17) is 9.72 Å². The Morgan fingerprint density at radius 3 is 2.33 bits per heavy atom. The first-order valence-electron chi connectivity index (χ1n) is 13.0. The van der Waals surface area contributed by atoms with Gasteiger partial charge in [-0.3, -0.25) is 9.78 Å². The number of aliphatic hydroxyl groups is 1. The van der Waals surface area contributed by atoms with Gasteiger partial charge in [-0.1, -0.05) is 66.2 Å². The maximum Gasteiger partial charge on any atom is 0.255 e. The van der Waals surface area contributed by atoms with Gasteiger partial charge in [-0.2, -0.15) is 0 Å². The third-order valence-electron chi connectivity index (χ3n) is 8.17. The Kier molecular flexibility index (Phi) is 4.97. The Balaban J connectivity index is 1.65. The van der Waals surface area contributed by atoms with Gasteiger partial charge >= 0.3 is 0 Å². The van der Waals surface area contributed by atoms with Crippen LogP contribution in [0.2, 0.25) is 0 Å². The highest BCUT2D eigenvalue weighted by atomic mass is 16.5. The average Bonchev–Trinajstić information content (AvgIpc) is 3.32. The normalized spacial score (nSPS) is 22.6. The van der Waals surface area contributed by atoms with E-state index in [0.717, 1.165) is 27.8 Å². The number of hydrogen-bond acceptors (Lipinski definition) is 5. The number of rotatable bonds is 3. The van der Waals surface area contributed by atoms with Crippen LogP contribution >= 0.6 is 0 Å². The number of hydrogen-bond donors (Lipinski definition) is 2. The van der Waals surface area contributed by atoms with Crippen molar-refractivity contribution in [2.45, 2.75) is 37.9 Å². The second-order valence-electron chi connectivity index (χ2n) is 10.6. The van der Waals surface area contributed by atoms with Gasteiger partial charge in [-0.05, 0) is 55.7 Å². The summed E-state index contributed by atoms with van der Waals surface area (Å²) in [4.78, 5) is 26.2. The summed E-state index contributed by atoms with van der Waals surface area (Å²) in [6.07, 6.45) is 3.31. The number of H-pyrrole nitrogens is 1. The van der Waals surface area contributed by atoms with Crippen LogP contribution in [-0.2, 0) is 11.2 Å². The highest BCUT2D eigenvalue weighted by molar-refractivity contribution is 5.67. The predicted octanol–water partition coefficient (Wildman–Crippen LogP) is 5.43. The maximum absolute atomic E-state index is 14.1. The number of pyridine rings is 1. The van der Waals surface area contributed by atoms with Crippen LogP contribution in [0.4, 0.5) is 0 Å². The molecule has 5 aromatic rings. The molecule has 0 saturated heterocycles. The summed E-state index contributed by atoms with van der Waals surface area (Å²) in [7, 11) is 0. The van der Waals surface area contributed by atoms with E-state index in [1.54, 1.807) is 24.5 Å². The largest absolute Gasteiger partial charge is 0.477 e. The number of ether oxygens (including phenoxy) is 1. The molecule has 0 amide bonds. The molecule has 3 heterocycles. The minimum Gasteiger partial charge on any atom is -0.477 e. The van der Waals surface area contributed by atoms with E-state index in [9.17, 15) is 9.90 Å². The summed E-state index contributed by atoms with van der Waals surface area (Å²) in [5.41, 5.74) is 3.32. The standard InChI is InChI=1S/C33H27N3O3/c1-19-9-11-24(12-10-19)33-28(22-7-5-4-6-8-22)26-29(35-30(36-31(26)37)23-13-15-34-16-14-23)32(33,38)27-21(3)17-20(2)18-25(27)39-33/h4-18,28,38H,1-3H3,(H,35,36,37)/t28-,32+,33+/m1/s1. The smallest absolute Gasteiger partial charge is 0.255 e. The molecule has 2 aromatic heterocycles. The molecule has 3 atom stereocenters. The minimum absolute atomic E-state index is 0.301. The number of nitrogens with one attached hydrogen (secondary N) is 1. The van der Waals surface area contributed by atoms with Gasteiger partial charge in [0.05, 0.1) is 17.2 Å². The van der Waals surface area contributed by atoms with Gasteiger partial charge < -0.3 is 14.8 Å². The van der Waals surface area contributed by atoms with Crippen molar-refractivity contribution in [2.24, 2.45) is 0 Å². The second kappa shape index (κ2) is 8.22. The van der Waals surface area contributed by atoms with Crippen LogP contribution in [0.15, 0.2) is 96.1 Å². The summed E-state index contributed by atoms with van der Waals surface area (Å²) < 4.78 is 7.01. The van der Waals surface area contributed by atoms with E-state index in [2.05, 4.69) is 9.97 Å². The topological polar surface area (TPSA) is 88.1 Å². The van der Waals surface area contributed by atoms with Crippen LogP contribution in [-0.4, -0.2) is 20.1 Å². The van der Waals surface area contributed by atoms with Crippen molar-refractivity contribution >= 4 is 0 Å². The van der Waals surface area contributed by atoms with Crippen molar-refractivity contribution in [3.05, 3.63) is 146 Å². The molecule has 0 radical (unpaired) electrons. The van der Waals surface area contributed by atoms with E-state index in [0.29, 0.717) is 34.0 Å². The monoisotopic (exact) mass is 513 g/mol. The van der Waals surface area contributed by atoms with Crippen molar-refractivity contribution in [2.75, 3.05) is 0 Å². The molecule has 0 fully saturated rings. The molecule has 0 spiro atoms. The van der Waals surface area contributed by atoms with E-state index < -0.39 is 17.1 Å². The number of aromatic amines is 1. The summed E-state index contributed by atoms with van der Waals surface area (Å²) in [5, 5.41) is 13.3. The Bertz CT molecular complexity index is 1800. The molecule has 0 unspecified atom stereocenters. The summed E-state index contributed by atoms with van der Waals surface area (Å²) in [5.74, 6) is 0.352. The van der Waals surface area contributed by atoms with Crippen molar-refractivity contribution in [3.63, 3.8) is 0 Å². The first kappa shape index (κ1) is 23.6. The van der Waals surface area contributed by atoms with Gasteiger partial charge in [-0.25, -0.2) is 4.98 Å². The van der Waals surface area contributed by atoms with Crippen LogP contribution in [0.5, 0.6) is 5.75 Å². The van der Waals surface area contributed by atoms with Crippen molar-refractivity contribution < 1.29 is 9.84 Å². The molecule has 0 bridgehead atoms. The number of aryl methyl sites for hydroxylation is 3. The highest BCUT2D eigenvalue weighted by Gasteiger charge is 2.73. The number of aromatic nitrogens is 3. The maximum atomic E-state index is 14.1. The molecule has 39 heavy (non-hydrogen) atoms. The number of benzene rings is 3. The molecule has 6 nitrogen and oxygen atoms in total. The molecule has 2 aliphatic rings. The van der Waals surface area contributed by atoms with E-state index in [1.807, 2.05) is 87.5 Å². The molecule has 6 heteroatoms. The Morgan fingerprint density at radius 2 is 1.62 bits per heavy atom. The van der Waals surface area contributed by atoms with E-state index in [-0.39, 0.29) is 5.56 Å². The molecule has 192 valence electrons. The van der Waals surface area contributed by atoms with Crippen LogP contribution < -0.4 is 10.3 Å². The van der Waals surface area contributed by atoms with E-state index >= 15 is 0 Å². The summed E-state index contributed by atoms with van der Waals surface area (Å²) >= 11 is 0. The molecule has 0 saturated carbocycles. The lowest BCUT2D eigenvalue weighted by Gasteiger charge is -2.40. The fraction of sp³-hybridized carbons (Fsp3) is 0.182. The average molecular weight is 514 g/mol. The molecular weight excluding hydrogens is 486 g/mol. The fourth-order valence-corrected chi connectivity index (χ4v) is 6.63. The molecule has 2 N–H and O–H groups in total. The Labute approximate surface area is 226 Å². The molecule has 1 aliphatic carbocycles. The molecule has 3 aromatic carbocycles. The number of fused-ring (bicyclic) bond motifs is 5. The molecular formula is C33H27N3O3. The lowest BCUT2D eigenvalue weighted by atomic mass is 9.69. The second-order valence-corrected chi connectivity index (χ2v) is 10.6. The zero-order chi connectivity index (χ0) is 26.9. The quantitative estimate of drug-likeness (QED) is 0.336. The SMILES string of the molecule is Cc1ccc([C@@]23Oc4cc(C)cc(C)c4[C@]2(O)c2nc(-c4ccncc4)[nH]c(=O)c2[C@H]3c2ccccc2)cc1. The lowest BCUT2D eigenvalue weighted by Crippen LogP contribution is -2.49. The first-order valence-corrected chi connectivity index (χ1v) is 13.0. The summed E-state index contributed by atoms with van der Waals surface area (Å²) in [6.45, 7) is 6.02. The van der Waals surface area contributed by atoms with Gasteiger partial charge in [0, 0.05) is 29.1 Å². The van der Waals surface area contributed by atoms with Crippen LogP contribution in [0.1, 0.15) is 50.6 Å². The third kappa shape index (κ3) is 3.09. The van der Waals surface area contributed by atoms with Gasteiger partial charge in [0.2, 0.25) is 0 Å². The summed E-state index contributed by atoms with van der Waals surface area (Å²) in [6, 6.07) is 25.4. The Morgan fingerprint density at radius 1 is 0.897 bits per heavy atom. The lowest BCUT2D eigenvalue weighted by molar-refractivity contribution is -0.0905. The fourth-order valence-electron chi connectivity index (χ4n) is 6.63. The van der Waals surface area contributed by atoms with Gasteiger partial charge in [0.1, 0.15) is 11.6 Å². The molecule has 1 aliphatic heterocycles. The third-order valence-corrected chi connectivity index (χ3v) is 8.17.